The van der Waals surface area contributed by atoms with Crippen molar-refractivity contribution >= 4 is 5.91 Å². The van der Waals surface area contributed by atoms with Gasteiger partial charge in [0.15, 0.2) is 0 Å². The van der Waals surface area contributed by atoms with E-state index in [9.17, 15) is 27.5 Å². The van der Waals surface area contributed by atoms with Crippen LogP contribution in [-0.4, -0.2) is 23.2 Å². The van der Waals surface area contributed by atoms with Crippen molar-refractivity contribution < 1.29 is 27.5 Å². The number of rotatable bonds is 3. The molecule has 0 unspecified atom stereocenters. The van der Waals surface area contributed by atoms with Crippen LogP contribution in [0.15, 0.2) is 18.2 Å². The lowest BCUT2D eigenvalue weighted by Crippen LogP contribution is -2.47. The number of nitrogens with one attached hydrogen (secondary N) is 1. The Morgan fingerprint density at radius 1 is 1.35 bits per heavy atom. The van der Waals surface area contributed by atoms with Crippen molar-refractivity contribution in [1.82, 2.24) is 5.32 Å². The average Bonchev–Trinajstić information content (AvgIpc) is 2.32. The van der Waals surface area contributed by atoms with E-state index in [-0.39, 0.29) is 6.54 Å². The predicted molar refractivity (Wildman–Crippen MR) is 62.5 cm³/mol. The monoisotopic (exact) mass is 291 g/mol. The molecule has 1 fully saturated rings. The second-order valence-corrected chi connectivity index (χ2v) is 4.95. The van der Waals surface area contributed by atoms with Crippen LogP contribution in [0.5, 0.6) is 0 Å². The minimum atomic E-state index is -4.64. The molecular formula is C13H13F4NO2. The Kier molecular flexibility index (Phi) is 3.73. The molecule has 0 spiro atoms. The van der Waals surface area contributed by atoms with E-state index in [0.717, 1.165) is 6.42 Å². The van der Waals surface area contributed by atoms with Gasteiger partial charge in [-0.15, -0.1) is 0 Å². The van der Waals surface area contributed by atoms with Crippen molar-refractivity contribution in [3.8, 4) is 0 Å². The molecule has 1 saturated carbocycles. The smallest absolute Gasteiger partial charge is 0.388 e. The third-order valence-electron chi connectivity index (χ3n) is 3.40. The topological polar surface area (TPSA) is 49.3 Å². The molecule has 1 aliphatic carbocycles. The van der Waals surface area contributed by atoms with E-state index < -0.39 is 34.6 Å². The number of carbonyl (C=O) groups excluding carboxylic acids is 1. The second-order valence-electron chi connectivity index (χ2n) is 4.95. The SMILES string of the molecule is O=C(NCC1(O)CCC1)c1cc(C(F)(F)F)ccc1F. The van der Waals surface area contributed by atoms with Gasteiger partial charge in [0.25, 0.3) is 5.91 Å². The van der Waals surface area contributed by atoms with Crippen molar-refractivity contribution in [2.75, 3.05) is 6.54 Å². The lowest BCUT2D eigenvalue weighted by atomic mass is 9.80. The third kappa shape index (κ3) is 3.09. The van der Waals surface area contributed by atoms with Crippen LogP contribution in [0.25, 0.3) is 0 Å². The van der Waals surface area contributed by atoms with Gasteiger partial charge in [0.2, 0.25) is 0 Å². The van der Waals surface area contributed by atoms with Crippen LogP contribution in [-0.2, 0) is 6.18 Å². The molecule has 110 valence electrons. The Labute approximate surface area is 112 Å². The van der Waals surface area contributed by atoms with Crippen LogP contribution in [0.1, 0.15) is 35.2 Å². The Hall–Kier alpha value is -1.63. The van der Waals surface area contributed by atoms with Gasteiger partial charge >= 0.3 is 6.18 Å². The largest absolute Gasteiger partial charge is 0.416 e. The maximum atomic E-state index is 13.4. The molecule has 0 saturated heterocycles. The summed E-state index contributed by atoms with van der Waals surface area (Å²) in [5.74, 6) is -2.00. The van der Waals surface area contributed by atoms with E-state index in [4.69, 9.17) is 0 Å². The van der Waals surface area contributed by atoms with Crippen LogP contribution < -0.4 is 5.32 Å². The first-order valence-electron chi connectivity index (χ1n) is 6.09. The molecule has 2 rings (SSSR count). The van der Waals surface area contributed by atoms with Gasteiger partial charge < -0.3 is 10.4 Å². The van der Waals surface area contributed by atoms with Gasteiger partial charge in [-0.25, -0.2) is 4.39 Å². The fourth-order valence-electron chi connectivity index (χ4n) is 1.98. The van der Waals surface area contributed by atoms with Crippen LogP contribution in [0.3, 0.4) is 0 Å². The summed E-state index contributed by atoms with van der Waals surface area (Å²) in [5.41, 5.74) is -2.79. The van der Waals surface area contributed by atoms with Gasteiger partial charge in [0, 0.05) is 6.54 Å². The van der Waals surface area contributed by atoms with Gasteiger partial charge in [-0.1, -0.05) is 0 Å². The van der Waals surface area contributed by atoms with Gasteiger partial charge in [-0.2, -0.15) is 13.2 Å². The Balaban J connectivity index is 2.12. The van der Waals surface area contributed by atoms with Crippen molar-refractivity contribution in [2.45, 2.75) is 31.0 Å². The van der Waals surface area contributed by atoms with Gasteiger partial charge in [0.05, 0.1) is 16.7 Å². The van der Waals surface area contributed by atoms with Gasteiger partial charge in [0.1, 0.15) is 5.82 Å². The Morgan fingerprint density at radius 3 is 2.50 bits per heavy atom. The van der Waals surface area contributed by atoms with E-state index in [1.807, 2.05) is 0 Å². The second kappa shape index (κ2) is 5.05. The summed E-state index contributed by atoms with van der Waals surface area (Å²) in [5, 5.41) is 12.0. The molecular weight excluding hydrogens is 278 g/mol. The van der Waals surface area contributed by atoms with Crippen LogP contribution in [0.2, 0.25) is 0 Å². The summed E-state index contributed by atoms with van der Waals surface area (Å²) < 4.78 is 51.0. The summed E-state index contributed by atoms with van der Waals surface area (Å²) >= 11 is 0. The summed E-state index contributed by atoms with van der Waals surface area (Å²) in [6.07, 6.45) is -2.80. The molecule has 0 radical (unpaired) electrons. The number of carbonyl (C=O) groups is 1. The number of halogens is 4. The van der Waals surface area contributed by atoms with E-state index in [2.05, 4.69) is 5.32 Å². The highest BCUT2D eigenvalue weighted by Crippen LogP contribution is 2.32. The minimum Gasteiger partial charge on any atom is -0.388 e. The number of amides is 1. The molecule has 2 N–H and O–H groups in total. The maximum Gasteiger partial charge on any atom is 0.416 e. The molecule has 1 aliphatic rings. The number of hydrogen-bond donors (Lipinski definition) is 2. The molecule has 7 heteroatoms. The van der Waals surface area contributed by atoms with E-state index in [1.165, 1.54) is 0 Å². The molecule has 1 aromatic rings. The number of hydrogen-bond acceptors (Lipinski definition) is 2. The zero-order chi connectivity index (χ0) is 15.0. The normalized spacial score (nSPS) is 17.4. The van der Waals surface area contributed by atoms with Crippen molar-refractivity contribution in [1.29, 1.82) is 0 Å². The maximum absolute atomic E-state index is 13.4. The summed E-state index contributed by atoms with van der Waals surface area (Å²) in [6.45, 7) is -0.0957. The molecule has 0 heterocycles. The molecule has 1 amide bonds. The summed E-state index contributed by atoms with van der Waals surface area (Å²) in [7, 11) is 0. The number of aliphatic hydroxyl groups is 1. The number of alkyl halides is 3. The lowest BCUT2D eigenvalue weighted by Gasteiger charge is -2.36. The van der Waals surface area contributed by atoms with E-state index >= 15 is 0 Å². The molecule has 0 aliphatic heterocycles. The van der Waals surface area contributed by atoms with Gasteiger partial charge in [-0.05, 0) is 37.5 Å². The molecule has 0 bridgehead atoms. The highest BCUT2D eigenvalue weighted by atomic mass is 19.4. The summed E-state index contributed by atoms with van der Waals surface area (Å²) in [6, 6.07) is 1.65. The highest BCUT2D eigenvalue weighted by Gasteiger charge is 2.35. The Morgan fingerprint density at radius 2 is 2.00 bits per heavy atom. The molecule has 20 heavy (non-hydrogen) atoms. The highest BCUT2D eigenvalue weighted by molar-refractivity contribution is 5.94. The molecule has 3 nitrogen and oxygen atoms in total. The zero-order valence-corrected chi connectivity index (χ0v) is 10.4. The first-order valence-corrected chi connectivity index (χ1v) is 6.09. The standard InChI is InChI=1S/C13H13F4NO2/c14-10-3-2-8(13(15,16)17)6-9(10)11(19)18-7-12(20)4-1-5-12/h2-3,6,20H,1,4-5,7H2,(H,18,19). The fourth-order valence-corrected chi connectivity index (χ4v) is 1.98. The molecule has 1 aromatic carbocycles. The van der Waals surface area contributed by atoms with Crippen LogP contribution in [0, 0.1) is 5.82 Å². The third-order valence-corrected chi connectivity index (χ3v) is 3.40. The summed E-state index contributed by atoms with van der Waals surface area (Å²) in [4.78, 5) is 11.7. The van der Waals surface area contributed by atoms with Crippen molar-refractivity contribution in [3.63, 3.8) is 0 Å². The average molecular weight is 291 g/mol. The Bertz CT molecular complexity index is 524. The first kappa shape index (κ1) is 14.8. The first-order chi connectivity index (χ1) is 9.21. The van der Waals surface area contributed by atoms with Gasteiger partial charge in [-0.3, -0.25) is 4.79 Å². The van der Waals surface area contributed by atoms with Crippen molar-refractivity contribution in [3.05, 3.63) is 35.1 Å². The van der Waals surface area contributed by atoms with E-state index in [0.29, 0.717) is 31.0 Å². The van der Waals surface area contributed by atoms with E-state index in [1.54, 1.807) is 0 Å². The minimum absolute atomic E-state index is 0.0957. The van der Waals surface area contributed by atoms with Crippen LogP contribution >= 0.6 is 0 Å². The lowest BCUT2D eigenvalue weighted by molar-refractivity contribution is -0.137. The van der Waals surface area contributed by atoms with Crippen molar-refractivity contribution in [2.24, 2.45) is 0 Å². The van der Waals surface area contributed by atoms with Crippen LogP contribution in [0.4, 0.5) is 17.6 Å². The quantitative estimate of drug-likeness (QED) is 0.841. The zero-order valence-electron chi connectivity index (χ0n) is 10.4. The predicted octanol–water partition coefficient (Wildman–Crippen LogP) is 2.49. The molecule has 0 atom stereocenters. The number of benzene rings is 1. The molecule has 0 aromatic heterocycles. The fraction of sp³-hybridized carbons (Fsp3) is 0.462.